The maximum absolute atomic E-state index is 11.8. The highest BCUT2D eigenvalue weighted by Gasteiger charge is 2.01. The molecule has 4 heteroatoms. The van der Waals surface area contributed by atoms with Crippen LogP contribution in [-0.4, -0.2) is 5.78 Å². The summed E-state index contributed by atoms with van der Waals surface area (Å²) in [6.07, 6.45) is 3.09. The second kappa shape index (κ2) is 5.34. The lowest BCUT2D eigenvalue weighted by Crippen LogP contribution is -1.92. The predicted molar refractivity (Wildman–Crippen MR) is 71.2 cm³/mol. The predicted octanol–water partition coefficient (Wildman–Crippen LogP) is 4.59. The second-order valence-corrected chi connectivity index (χ2v) is 4.56. The van der Waals surface area contributed by atoms with Crippen LogP contribution in [-0.2, 0) is 0 Å². The standard InChI is InChI=1S/C13H8BrClO2/c14-13-8-6-11(17-13)5-7-12(16)9-1-3-10(15)4-2-9/h1-8H/b7-5+. The zero-order valence-corrected chi connectivity index (χ0v) is 11.0. The van der Waals surface area contributed by atoms with Crippen molar-refractivity contribution in [2.45, 2.75) is 0 Å². The Morgan fingerprint density at radius 1 is 1.18 bits per heavy atom. The molecule has 0 radical (unpaired) electrons. The van der Waals surface area contributed by atoms with Crippen LogP contribution >= 0.6 is 27.5 Å². The molecule has 0 fully saturated rings. The molecule has 0 saturated heterocycles. The van der Waals surface area contributed by atoms with E-state index in [0.29, 0.717) is 21.0 Å². The first-order valence-electron chi connectivity index (χ1n) is 4.88. The molecule has 0 aliphatic rings. The molecule has 17 heavy (non-hydrogen) atoms. The Labute approximate surface area is 112 Å². The third-order valence-electron chi connectivity index (χ3n) is 2.12. The molecule has 0 N–H and O–H groups in total. The zero-order chi connectivity index (χ0) is 12.3. The van der Waals surface area contributed by atoms with E-state index in [1.807, 2.05) is 0 Å². The van der Waals surface area contributed by atoms with Gasteiger partial charge in [0.15, 0.2) is 10.5 Å². The summed E-state index contributed by atoms with van der Waals surface area (Å²) in [5.41, 5.74) is 0.594. The van der Waals surface area contributed by atoms with Gasteiger partial charge in [0, 0.05) is 10.6 Å². The molecule has 0 spiro atoms. The molecule has 1 heterocycles. The van der Waals surface area contributed by atoms with Gasteiger partial charge in [0.2, 0.25) is 0 Å². The van der Waals surface area contributed by atoms with E-state index in [0.717, 1.165) is 0 Å². The Balaban J connectivity index is 2.11. The zero-order valence-electron chi connectivity index (χ0n) is 8.69. The van der Waals surface area contributed by atoms with Crippen LogP contribution in [0.15, 0.2) is 51.6 Å². The molecule has 0 saturated carbocycles. The van der Waals surface area contributed by atoms with E-state index in [9.17, 15) is 4.79 Å². The molecular formula is C13H8BrClO2. The van der Waals surface area contributed by atoms with Crippen molar-refractivity contribution < 1.29 is 9.21 Å². The fraction of sp³-hybridized carbons (Fsp3) is 0. The van der Waals surface area contributed by atoms with Crippen molar-refractivity contribution in [3.8, 4) is 0 Å². The quantitative estimate of drug-likeness (QED) is 0.613. The Bertz CT molecular complexity index is 555. The minimum absolute atomic E-state index is 0.0887. The summed E-state index contributed by atoms with van der Waals surface area (Å²) >= 11 is 8.93. The number of hydrogen-bond acceptors (Lipinski definition) is 2. The van der Waals surface area contributed by atoms with E-state index >= 15 is 0 Å². The van der Waals surface area contributed by atoms with Gasteiger partial charge in [-0.1, -0.05) is 11.6 Å². The third-order valence-corrected chi connectivity index (χ3v) is 2.80. The van der Waals surface area contributed by atoms with Gasteiger partial charge in [-0.05, 0) is 64.5 Å². The van der Waals surface area contributed by atoms with Crippen LogP contribution < -0.4 is 0 Å². The normalized spacial score (nSPS) is 10.9. The number of rotatable bonds is 3. The first kappa shape index (κ1) is 12.1. The third kappa shape index (κ3) is 3.32. The van der Waals surface area contributed by atoms with E-state index in [1.165, 1.54) is 6.08 Å². The molecule has 0 amide bonds. The van der Waals surface area contributed by atoms with Crippen molar-refractivity contribution in [2.24, 2.45) is 0 Å². The molecule has 1 aromatic carbocycles. The highest BCUT2D eigenvalue weighted by Crippen LogP contribution is 2.16. The van der Waals surface area contributed by atoms with Crippen LogP contribution in [0, 0.1) is 0 Å². The average Bonchev–Trinajstić information content (AvgIpc) is 2.73. The van der Waals surface area contributed by atoms with Crippen LogP contribution in [0.1, 0.15) is 16.1 Å². The van der Waals surface area contributed by atoms with Crippen LogP contribution in [0.5, 0.6) is 0 Å². The topological polar surface area (TPSA) is 30.2 Å². The average molecular weight is 312 g/mol. The Hall–Kier alpha value is -1.32. The molecule has 1 aromatic heterocycles. The van der Waals surface area contributed by atoms with E-state index < -0.39 is 0 Å². The summed E-state index contributed by atoms with van der Waals surface area (Å²) in [6.45, 7) is 0. The lowest BCUT2D eigenvalue weighted by molar-refractivity contribution is 0.104. The first-order chi connectivity index (χ1) is 8.15. The number of allylic oxidation sites excluding steroid dienone is 1. The Morgan fingerprint density at radius 2 is 1.88 bits per heavy atom. The summed E-state index contributed by atoms with van der Waals surface area (Å²) in [5, 5.41) is 0.612. The molecular weight excluding hydrogens is 303 g/mol. The van der Waals surface area contributed by atoms with Crippen LogP contribution in [0.3, 0.4) is 0 Å². The number of halogens is 2. The SMILES string of the molecule is O=C(/C=C/c1ccc(Br)o1)c1ccc(Cl)cc1. The van der Waals surface area contributed by atoms with Gasteiger partial charge in [-0.3, -0.25) is 4.79 Å². The lowest BCUT2D eigenvalue weighted by atomic mass is 10.1. The summed E-state index contributed by atoms with van der Waals surface area (Å²) in [5.74, 6) is 0.536. The maximum atomic E-state index is 11.8. The van der Waals surface area contributed by atoms with Crippen molar-refractivity contribution in [3.63, 3.8) is 0 Å². The monoisotopic (exact) mass is 310 g/mol. The second-order valence-electron chi connectivity index (χ2n) is 3.35. The van der Waals surface area contributed by atoms with Crippen molar-refractivity contribution in [1.29, 1.82) is 0 Å². The van der Waals surface area contributed by atoms with Gasteiger partial charge >= 0.3 is 0 Å². The highest BCUT2D eigenvalue weighted by molar-refractivity contribution is 9.10. The lowest BCUT2D eigenvalue weighted by Gasteiger charge is -1.95. The summed E-state index contributed by atoms with van der Waals surface area (Å²) in [7, 11) is 0. The molecule has 0 unspecified atom stereocenters. The molecule has 2 rings (SSSR count). The smallest absolute Gasteiger partial charge is 0.185 e. The molecule has 0 bridgehead atoms. The molecule has 86 valence electrons. The Kier molecular flexibility index (Phi) is 3.82. The van der Waals surface area contributed by atoms with Crippen molar-refractivity contribution >= 4 is 39.4 Å². The van der Waals surface area contributed by atoms with Crippen molar-refractivity contribution in [1.82, 2.24) is 0 Å². The number of carbonyl (C=O) groups is 1. The van der Waals surface area contributed by atoms with E-state index in [-0.39, 0.29) is 5.78 Å². The number of furan rings is 1. The van der Waals surface area contributed by atoms with Crippen LogP contribution in [0.2, 0.25) is 5.02 Å². The van der Waals surface area contributed by atoms with Crippen molar-refractivity contribution in [2.75, 3.05) is 0 Å². The van der Waals surface area contributed by atoms with Crippen LogP contribution in [0.25, 0.3) is 6.08 Å². The van der Waals surface area contributed by atoms with E-state index in [4.69, 9.17) is 16.0 Å². The minimum atomic E-state index is -0.0887. The number of benzene rings is 1. The fourth-order valence-electron chi connectivity index (χ4n) is 1.29. The Morgan fingerprint density at radius 3 is 2.47 bits per heavy atom. The summed E-state index contributed by atoms with van der Waals surface area (Å²) in [6, 6.07) is 10.3. The molecule has 2 aromatic rings. The maximum Gasteiger partial charge on any atom is 0.185 e. The summed E-state index contributed by atoms with van der Waals surface area (Å²) in [4.78, 5) is 11.8. The van der Waals surface area contributed by atoms with Gasteiger partial charge in [-0.2, -0.15) is 0 Å². The minimum Gasteiger partial charge on any atom is -0.450 e. The van der Waals surface area contributed by atoms with Crippen molar-refractivity contribution in [3.05, 3.63) is 63.5 Å². The van der Waals surface area contributed by atoms with Crippen LogP contribution in [0.4, 0.5) is 0 Å². The molecule has 0 atom stereocenters. The van der Waals surface area contributed by atoms with Gasteiger partial charge in [-0.15, -0.1) is 0 Å². The van der Waals surface area contributed by atoms with Gasteiger partial charge < -0.3 is 4.42 Å². The molecule has 2 nitrogen and oxygen atoms in total. The summed E-state index contributed by atoms with van der Waals surface area (Å²) < 4.78 is 5.88. The fourth-order valence-corrected chi connectivity index (χ4v) is 1.73. The number of carbonyl (C=O) groups excluding carboxylic acids is 1. The highest BCUT2D eigenvalue weighted by atomic mass is 79.9. The van der Waals surface area contributed by atoms with Gasteiger partial charge in [0.1, 0.15) is 5.76 Å². The van der Waals surface area contributed by atoms with Gasteiger partial charge in [0.05, 0.1) is 0 Å². The van der Waals surface area contributed by atoms with E-state index in [1.54, 1.807) is 42.5 Å². The molecule has 0 aliphatic carbocycles. The first-order valence-corrected chi connectivity index (χ1v) is 6.05. The molecule has 0 aliphatic heterocycles. The number of hydrogen-bond donors (Lipinski definition) is 0. The van der Waals surface area contributed by atoms with Gasteiger partial charge in [0.25, 0.3) is 0 Å². The van der Waals surface area contributed by atoms with E-state index in [2.05, 4.69) is 15.9 Å². The number of ketones is 1. The largest absolute Gasteiger partial charge is 0.450 e. The van der Waals surface area contributed by atoms with Gasteiger partial charge in [-0.25, -0.2) is 0 Å².